The van der Waals surface area contributed by atoms with Crippen molar-refractivity contribution in [1.82, 2.24) is 0 Å². The number of nitrogens with one attached hydrogen (secondary N) is 1. The Kier molecular flexibility index (Phi) is 4.50. The molecule has 2 aromatic rings. The van der Waals surface area contributed by atoms with Gasteiger partial charge in [-0.3, -0.25) is 0 Å². The van der Waals surface area contributed by atoms with Crippen molar-refractivity contribution in [3.05, 3.63) is 57.5 Å². The van der Waals surface area contributed by atoms with Gasteiger partial charge in [0.05, 0.1) is 16.4 Å². The molecular weight excluding hydrogens is 312 g/mol. The predicted octanol–water partition coefficient (Wildman–Crippen LogP) is 4.34. The Morgan fingerprint density at radius 1 is 1.11 bits per heavy atom. The summed E-state index contributed by atoms with van der Waals surface area (Å²) in [6, 6.07) is 13.8. The molecule has 2 nitrogen and oxygen atoms in total. The van der Waals surface area contributed by atoms with E-state index in [4.69, 9.17) is 17.3 Å². The fourth-order valence-corrected chi connectivity index (χ4v) is 2.22. The van der Waals surface area contributed by atoms with Gasteiger partial charge in [-0.1, -0.05) is 45.7 Å². The second-order valence-corrected chi connectivity index (χ2v) is 5.33. The number of benzene rings is 2. The summed E-state index contributed by atoms with van der Waals surface area (Å²) in [5.74, 6) is 0. The van der Waals surface area contributed by atoms with Crippen molar-refractivity contribution in [2.45, 2.75) is 6.42 Å². The van der Waals surface area contributed by atoms with Crippen LogP contribution < -0.4 is 11.1 Å². The van der Waals surface area contributed by atoms with E-state index in [0.29, 0.717) is 10.7 Å². The Balaban J connectivity index is 1.94. The zero-order valence-corrected chi connectivity index (χ0v) is 12.1. The molecule has 0 radical (unpaired) electrons. The minimum absolute atomic E-state index is 0.658. The lowest BCUT2D eigenvalue weighted by molar-refractivity contribution is 1.02. The summed E-state index contributed by atoms with van der Waals surface area (Å²) >= 11 is 9.50. The van der Waals surface area contributed by atoms with Crippen LogP contribution in [0.2, 0.25) is 5.02 Å². The first-order valence-corrected chi connectivity index (χ1v) is 6.86. The lowest BCUT2D eigenvalue weighted by atomic mass is 10.1. The molecule has 0 saturated carbocycles. The third-order valence-electron chi connectivity index (χ3n) is 2.67. The molecule has 4 heteroatoms. The monoisotopic (exact) mass is 324 g/mol. The van der Waals surface area contributed by atoms with E-state index < -0.39 is 0 Å². The van der Waals surface area contributed by atoms with Crippen LogP contribution in [0, 0.1) is 0 Å². The SMILES string of the molecule is Nc1cccc(Cl)c1NCCc1ccc(Br)cc1. The molecule has 94 valence electrons. The molecule has 0 aliphatic heterocycles. The van der Waals surface area contributed by atoms with E-state index in [-0.39, 0.29) is 0 Å². The van der Waals surface area contributed by atoms with Gasteiger partial charge < -0.3 is 11.1 Å². The van der Waals surface area contributed by atoms with Gasteiger partial charge in [-0.15, -0.1) is 0 Å². The zero-order chi connectivity index (χ0) is 13.0. The first-order chi connectivity index (χ1) is 8.66. The van der Waals surface area contributed by atoms with Crippen LogP contribution in [-0.4, -0.2) is 6.54 Å². The van der Waals surface area contributed by atoms with Gasteiger partial charge in [0.15, 0.2) is 0 Å². The van der Waals surface area contributed by atoms with Gasteiger partial charge in [-0.05, 0) is 36.2 Å². The molecule has 0 saturated heterocycles. The maximum atomic E-state index is 6.08. The highest BCUT2D eigenvalue weighted by Crippen LogP contribution is 2.27. The van der Waals surface area contributed by atoms with Gasteiger partial charge in [-0.2, -0.15) is 0 Å². The second-order valence-electron chi connectivity index (χ2n) is 4.01. The van der Waals surface area contributed by atoms with Gasteiger partial charge in [0.1, 0.15) is 0 Å². The van der Waals surface area contributed by atoms with Crippen molar-refractivity contribution in [3.8, 4) is 0 Å². The second kappa shape index (κ2) is 6.12. The van der Waals surface area contributed by atoms with Gasteiger partial charge >= 0.3 is 0 Å². The number of rotatable bonds is 4. The third-order valence-corrected chi connectivity index (χ3v) is 3.52. The standard InChI is InChI=1S/C14H14BrClN2/c15-11-6-4-10(5-7-11)8-9-18-14-12(16)2-1-3-13(14)17/h1-7,18H,8-9,17H2. The summed E-state index contributed by atoms with van der Waals surface area (Å²) in [5.41, 5.74) is 8.64. The normalized spacial score (nSPS) is 10.3. The summed E-state index contributed by atoms with van der Waals surface area (Å²) in [7, 11) is 0. The van der Waals surface area contributed by atoms with E-state index >= 15 is 0 Å². The molecule has 0 spiro atoms. The first-order valence-electron chi connectivity index (χ1n) is 5.69. The van der Waals surface area contributed by atoms with Crippen LogP contribution in [0.5, 0.6) is 0 Å². The smallest absolute Gasteiger partial charge is 0.0763 e. The first kappa shape index (κ1) is 13.2. The van der Waals surface area contributed by atoms with Crippen LogP contribution in [0.3, 0.4) is 0 Å². The molecule has 0 heterocycles. The number of para-hydroxylation sites is 1. The highest BCUT2D eigenvalue weighted by atomic mass is 79.9. The van der Waals surface area contributed by atoms with Gasteiger partial charge in [0, 0.05) is 11.0 Å². The van der Waals surface area contributed by atoms with E-state index in [0.717, 1.165) is 23.1 Å². The van der Waals surface area contributed by atoms with Crippen LogP contribution in [0.4, 0.5) is 11.4 Å². The molecule has 0 amide bonds. The summed E-state index contributed by atoms with van der Waals surface area (Å²) < 4.78 is 1.09. The minimum Gasteiger partial charge on any atom is -0.397 e. The molecule has 0 aliphatic carbocycles. The maximum Gasteiger partial charge on any atom is 0.0763 e. The highest BCUT2D eigenvalue weighted by Gasteiger charge is 2.03. The number of nitrogen functional groups attached to an aromatic ring is 1. The van der Waals surface area contributed by atoms with Crippen molar-refractivity contribution >= 4 is 38.9 Å². The summed E-state index contributed by atoms with van der Waals surface area (Å²) in [6.07, 6.45) is 0.929. The average Bonchev–Trinajstić information content (AvgIpc) is 2.35. The van der Waals surface area contributed by atoms with Gasteiger partial charge in [-0.25, -0.2) is 0 Å². The number of nitrogens with two attached hydrogens (primary N) is 1. The van der Waals surface area contributed by atoms with Crippen LogP contribution >= 0.6 is 27.5 Å². The lowest BCUT2D eigenvalue weighted by Gasteiger charge is -2.11. The van der Waals surface area contributed by atoms with Crippen molar-refractivity contribution < 1.29 is 0 Å². The van der Waals surface area contributed by atoms with Crippen LogP contribution in [0.15, 0.2) is 46.9 Å². The average molecular weight is 326 g/mol. The van der Waals surface area contributed by atoms with Gasteiger partial charge in [0.25, 0.3) is 0 Å². The molecular formula is C14H14BrClN2. The predicted molar refractivity (Wildman–Crippen MR) is 82.2 cm³/mol. The quantitative estimate of drug-likeness (QED) is 0.821. The number of hydrogen-bond donors (Lipinski definition) is 2. The van der Waals surface area contributed by atoms with E-state index in [2.05, 4.69) is 33.4 Å². The van der Waals surface area contributed by atoms with Crippen molar-refractivity contribution in [3.63, 3.8) is 0 Å². The highest BCUT2D eigenvalue weighted by molar-refractivity contribution is 9.10. The zero-order valence-electron chi connectivity index (χ0n) is 9.79. The largest absolute Gasteiger partial charge is 0.397 e. The summed E-state index contributed by atoms with van der Waals surface area (Å²) in [4.78, 5) is 0. The summed E-state index contributed by atoms with van der Waals surface area (Å²) in [5, 5.41) is 3.93. The molecule has 2 aromatic carbocycles. The molecule has 0 bridgehead atoms. The van der Waals surface area contributed by atoms with E-state index in [1.54, 1.807) is 0 Å². The number of hydrogen-bond acceptors (Lipinski definition) is 2. The molecule has 18 heavy (non-hydrogen) atoms. The molecule has 0 aliphatic rings. The van der Waals surface area contributed by atoms with Crippen LogP contribution in [-0.2, 0) is 6.42 Å². The van der Waals surface area contributed by atoms with Crippen molar-refractivity contribution in [1.29, 1.82) is 0 Å². The Bertz CT molecular complexity index is 506. The fourth-order valence-electron chi connectivity index (χ4n) is 1.71. The maximum absolute atomic E-state index is 6.08. The molecule has 0 unspecified atom stereocenters. The third kappa shape index (κ3) is 3.40. The number of halogens is 2. The van der Waals surface area contributed by atoms with E-state index in [1.807, 2.05) is 30.3 Å². The Morgan fingerprint density at radius 2 is 1.83 bits per heavy atom. The van der Waals surface area contributed by atoms with Crippen LogP contribution in [0.1, 0.15) is 5.56 Å². The Morgan fingerprint density at radius 3 is 2.50 bits per heavy atom. The van der Waals surface area contributed by atoms with E-state index in [1.165, 1.54) is 5.56 Å². The molecule has 3 N–H and O–H groups in total. The Labute approximate surface area is 120 Å². The Hall–Kier alpha value is -1.19. The lowest BCUT2D eigenvalue weighted by Crippen LogP contribution is -2.07. The molecule has 0 atom stereocenters. The topological polar surface area (TPSA) is 38.0 Å². The summed E-state index contributed by atoms with van der Waals surface area (Å²) in [6.45, 7) is 0.801. The van der Waals surface area contributed by atoms with Gasteiger partial charge in [0.2, 0.25) is 0 Å². The minimum atomic E-state index is 0.658. The fraction of sp³-hybridized carbons (Fsp3) is 0.143. The van der Waals surface area contributed by atoms with E-state index in [9.17, 15) is 0 Å². The van der Waals surface area contributed by atoms with Crippen molar-refractivity contribution in [2.24, 2.45) is 0 Å². The molecule has 0 fully saturated rings. The van der Waals surface area contributed by atoms with Crippen molar-refractivity contribution in [2.75, 3.05) is 17.6 Å². The molecule has 2 rings (SSSR count). The molecule has 0 aromatic heterocycles. The van der Waals surface area contributed by atoms with Crippen LogP contribution in [0.25, 0.3) is 0 Å². The number of anilines is 2.